The first-order valence-electron chi connectivity index (χ1n) is 15.1. The van der Waals surface area contributed by atoms with Crippen molar-refractivity contribution in [3.63, 3.8) is 0 Å². The Morgan fingerprint density at radius 3 is 2.00 bits per heavy atom. The number of hydrogen-bond acceptors (Lipinski definition) is 6. The lowest BCUT2D eigenvalue weighted by atomic mass is 9.99. The van der Waals surface area contributed by atoms with E-state index >= 15 is 0 Å². The average Bonchev–Trinajstić information content (AvgIpc) is 3.06. The molecule has 4 N–H and O–H groups in total. The van der Waals surface area contributed by atoms with Gasteiger partial charge in [-0.25, -0.2) is 0 Å². The molecule has 8 heteroatoms. The second-order valence-electron chi connectivity index (χ2n) is 11.3. The van der Waals surface area contributed by atoms with Crippen molar-refractivity contribution in [2.75, 3.05) is 20.8 Å². The molecule has 4 aromatic carbocycles. The standard InChI is InChI=1S/C37H43N3O5/c1-24-18-30(36(42)39-26(3)29-12-9-13-33(22-29)45-5)21-31(19-24)37(43)40-34(20-27-10-7-6-8-11-27)35(41)23-38-25(2)28-14-16-32(44-4)17-15-28/h6-19,21-22,25-26,34-35,38,41H,20,23H2,1-5H3,(H,39,42)(H,40,43)/t25-,26-,34+,35-/m1/s1. The Hall–Kier alpha value is -4.66. The monoisotopic (exact) mass is 609 g/mol. The van der Waals surface area contributed by atoms with Gasteiger partial charge in [-0.3, -0.25) is 9.59 Å². The van der Waals surface area contributed by atoms with Crippen LogP contribution in [0.25, 0.3) is 0 Å². The summed E-state index contributed by atoms with van der Waals surface area (Å²) in [6.07, 6.45) is -0.449. The molecule has 4 rings (SSSR count). The minimum absolute atomic E-state index is 0.0316. The Morgan fingerprint density at radius 1 is 0.711 bits per heavy atom. The van der Waals surface area contributed by atoms with E-state index in [1.165, 1.54) is 0 Å². The Kier molecular flexibility index (Phi) is 11.7. The molecular weight excluding hydrogens is 566 g/mol. The van der Waals surface area contributed by atoms with Crippen molar-refractivity contribution >= 4 is 11.8 Å². The van der Waals surface area contributed by atoms with Crippen LogP contribution in [0.2, 0.25) is 0 Å². The molecule has 0 bridgehead atoms. The van der Waals surface area contributed by atoms with E-state index in [9.17, 15) is 14.7 Å². The summed E-state index contributed by atoms with van der Waals surface area (Å²) in [5, 5.41) is 20.8. The molecule has 4 atom stereocenters. The lowest BCUT2D eigenvalue weighted by Gasteiger charge is -2.26. The highest BCUT2D eigenvalue weighted by atomic mass is 16.5. The summed E-state index contributed by atoms with van der Waals surface area (Å²) >= 11 is 0. The molecule has 45 heavy (non-hydrogen) atoms. The van der Waals surface area contributed by atoms with Crippen LogP contribution in [-0.2, 0) is 6.42 Å². The normalized spacial score (nSPS) is 13.6. The Balaban J connectivity index is 1.47. The lowest BCUT2D eigenvalue weighted by molar-refractivity contribution is 0.0825. The fraction of sp³-hybridized carbons (Fsp3) is 0.297. The predicted molar refractivity (Wildman–Crippen MR) is 177 cm³/mol. The van der Waals surface area contributed by atoms with Crippen LogP contribution in [0.4, 0.5) is 0 Å². The van der Waals surface area contributed by atoms with Gasteiger partial charge in [0, 0.05) is 23.7 Å². The topological polar surface area (TPSA) is 109 Å². The smallest absolute Gasteiger partial charge is 0.251 e. The second-order valence-corrected chi connectivity index (χ2v) is 11.3. The summed E-state index contributed by atoms with van der Waals surface area (Å²) in [7, 11) is 3.23. The van der Waals surface area contributed by atoms with Gasteiger partial charge in [0.05, 0.1) is 32.4 Å². The van der Waals surface area contributed by atoms with E-state index in [2.05, 4.69) is 16.0 Å². The predicted octanol–water partition coefficient (Wildman–Crippen LogP) is 5.56. The first-order valence-corrected chi connectivity index (χ1v) is 15.1. The molecule has 0 radical (unpaired) electrons. The quantitative estimate of drug-likeness (QED) is 0.149. The van der Waals surface area contributed by atoms with E-state index in [0.29, 0.717) is 23.3 Å². The van der Waals surface area contributed by atoms with Gasteiger partial charge in [-0.15, -0.1) is 0 Å². The minimum Gasteiger partial charge on any atom is -0.497 e. The number of ether oxygens (including phenoxy) is 2. The highest BCUT2D eigenvalue weighted by molar-refractivity contribution is 6.00. The van der Waals surface area contributed by atoms with Crippen LogP contribution < -0.4 is 25.4 Å². The Morgan fingerprint density at radius 2 is 1.36 bits per heavy atom. The number of nitrogens with one attached hydrogen (secondary N) is 3. The third kappa shape index (κ3) is 9.41. The van der Waals surface area contributed by atoms with Crippen molar-refractivity contribution in [2.24, 2.45) is 0 Å². The summed E-state index contributed by atoms with van der Waals surface area (Å²) < 4.78 is 10.6. The highest BCUT2D eigenvalue weighted by Crippen LogP contribution is 2.21. The first kappa shape index (κ1) is 33.2. The largest absolute Gasteiger partial charge is 0.497 e. The lowest BCUT2D eigenvalue weighted by Crippen LogP contribution is -2.49. The second kappa shape index (κ2) is 15.9. The number of aryl methyl sites for hydroxylation is 1. The number of benzene rings is 4. The number of hydrogen-bond donors (Lipinski definition) is 4. The molecule has 236 valence electrons. The summed E-state index contributed by atoms with van der Waals surface area (Å²) in [6.45, 7) is 6.03. The molecule has 0 spiro atoms. The van der Waals surface area contributed by atoms with Crippen molar-refractivity contribution in [1.29, 1.82) is 0 Å². The third-order valence-electron chi connectivity index (χ3n) is 7.87. The fourth-order valence-corrected chi connectivity index (χ4v) is 5.17. The molecule has 0 saturated heterocycles. The van der Waals surface area contributed by atoms with Crippen molar-refractivity contribution in [3.8, 4) is 11.5 Å². The van der Waals surface area contributed by atoms with Gasteiger partial charge in [-0.05, 0) is 91.9 Å². The van der Waals surface area contributed by atoms with Crippen LogP contribution >= 0.6 is 0 Å². The maximum Gasteiger partial charge on any atom is 0.251 e. The van der Waals surface area contributed by atoms with Crippen LogP contribution in [0.1, 0.15) is 68.9 Å². The Labute approximate surface area is 265 Å². The summed E-state index contributed by atoms with van der Waals surface area (Å²) in [5.41, 5.74) is 4.45. The van der Waals surface area contributed by atoms with Gasteiger partial charge >= 0.3 is 0 Å². The van der Waals surface area contributed by atoms with Gasteiger partial charge in [0.1, 0.15) is 11.5 Å². The van der Waals surface area contributed by atoms with Crippen molar-refractivity contribution < 1.29 is 24.2 Å². The number of aliphatic hydroxyl groups is 1. The van der Waals surface area contributed by atoms with E-state index < -0.39 is 12.1 Å². The number of methoxy groups -OCH3 is 2. The summed E-state index contributed by atoms with van der Waals surface area (Å²) in [5.74, 6) is 0.831. The molecule has 2 amide bonds. The molecule has 4 aromatic rings. The van der Waals surface area contributed by atoms with Gasteiger partial charge in [-0.1, -0.05) is 54.6 Å². The minimum atomic E-state index is -0.883. The van der Waals surface area contributed by atoms with Gasteiger partial charge < -0.3 is 30.5 Å². The zero-order chi connectivity index (χ0) is 32.3. The maximum absolute atomic E-state index is 13.6. The zero-order valence-corrected chi connectivity index (χ0v) is 26.5. The maximum atomic E-state index is 13.6. The molecule has 0 heterocycles. The van der Waals surface area contributed by atoms with Crippen LogP contribution in [0.3, 0.4) is 0 Å². The molecule has 0 aliphatic heterocycles. The molecule has 0 aliphatic carbocycles. The van der Waals surface area contributed by atoms with E-state index in [1.54, 1.807) is 32.4 Å². The summed E-state index contributed by atoms with van der Waals surface area (Å²) in [6, 6.07) is 29.2. The highest BCUT2D eigenvalue weighted by Gasteiger charge is 2.24. The van der Waals surface area contributed by atoms with Crippen molar-refractivity contribution in [3.05, 3.63) is 130 Å². The molecule has 0 aliphatic rings. The number of carbonyl (C=O) groups excluding carboxylic acids is 2. The van der Waals surface area contributed by atoms with E-state index in [0.717, 1.165) is 28.0 Å². The average molecular weight is 610 g/mol. The molecule has 0 aromatic heterocycles. The van der Waals surface area contributed by atoms with E-state index in [1.807, 2.05) is 99.6 Å². The van der Waals surface area contributed by atoms with Crippen LogP contribution in [0.15, 0.2) is 97.1 Å². The number of rotatable bonds is 14. The molecule has 0 fully saturated rings. The van der Waals surface area contributed by atoms with Gasteiger partial charge in [0.2, 0.25) is 0 Å². The van der Waals surface area contributed by atoms with E-state index in [-0.39, 0.29) is 30.4 Å². The summed E-state index contributed by atoms with van der Waals surface area (Å²) in [4.78, 5) is 26.9. The van der Waals surface area contributed by atoms with Crippen LogP contribution in [0, 0.1) is 6.92 Å². The van der Waals surface area contributed by atoms with Crippen LogP contribution in [0.5, 0.6) is 11.5 Å². The fourth-order valence-electron chi connectivity index (χ4n) is 5.17. The Bertz CT molecular complexity index is 1560. The molecular formula is C37H43N3O5. The third-order valence-corrected chi connectivity index (χ3v) is 7.87. The first-order chi connectivity index (χ1) is 21.7. The van der Waals surface area contributed by atoms with Crippen molar-refractivity contribution in [2.45, 2.75) is 51.4 Å². The van der Waals surface area contributed by atoms with Gasteiger partial charge in [-0.2, -0.15) is 0 Å². The zero-order valence-electron chi connectivity index (χ0n) is 26.5. The molecule has 0 unspecified atom stereocenters. The van der Waals surface area contributed by atoms with Gasteiger partial charge in [0.25, 0.3) is 11.8 Å². The van der Waals surface area contributed by atoms with Crippen LogP contribution in [-0.4, -0.2) is 49.8 Å². The van der Waals surface area contributed by atoms with Crippen molar-refractivity contribution in [1.82, 2.24) is 16.0 Å². The SMILES string of the molecule is COc1ccc([C@@H](C)NC[C@@H](O)[C@H](Cc2ccccc2)NC(=O)c2cc(C)cc(C(=O)N[C@H](C)c3cccc(OC)c3)c2)cc1. The van der Waals surface area contributed by atoms with E-state index in [4.69, 9.17) is 9.47 Å². The number of aliphatic hydroxyl groups excluding tert-OH is 1. The number of carbonyl (C=O) groups is 2. The van der Waals surface area contributed by atoms with Gasteiger partial charge in [0.15, 0.2) is 0 Å². The molecule has 8 nitrogen and oxygen atoms in total. The molecule has 0 saturated carbocycles. The number of amides is 2.